The van der Waals surface area contributed by atoms with Crippen molar-refractivity contribution in [3.05, 3.63) is 17.8 Å². The Morgan fingerprint density at radius 1 is 1.36 bits per heavy atom. The molecule has 1 aliphatic heterocycles. The minimum absolute atomic E-state index is 0. The molecule has 1 aromatic rings. The average molecular weight is 388 g/mol. The number of nitrogens with zero attached hydrogens (tertiary/aromatic N) is 1. The first-order valence-corrected chi connectivity index (χ1v) is 10.1. The van der Waals surface area contributed by atoms with E-state index in [9.17, 15) is 16.8 Å². The van der Waals surface area contributed by atoms with Crippen LogP contribution in [0.1, 0.15) is 18.9 Å². The van der Waals surface area contributed by atoms with Gasteiger partial charge in [-0.25, -0.2) is 22.0 Å². The van der Waals surface area contributed by atoms with Crippen LogP contribution in [0.5, 0.6) is 0 Å². The van der Waals surface area contributed by atoms with Crippen molar-refractivity contribution in [2.45, 2.75) is 21.8 Å². The van der Waals surface area contributed by atoms with Crippen LogP contribution < -0.4 is 10.5 Å². The molecule has 0 spiro atoms. The van der Waals surface area contributed by atoms with E-state index in [0.29, 0.717) is 30.0 Å². The number of halogens is 1. The lowest BCUT2D eigenvalue weighted by molar-refractivity contribution is 0.485. The smallest absolute Gasteiger partial charge is 0.274 e. The maximum absolute atomic E-state index is 12.4. The van der Waals surface area contributed by atoms with E-state index in [1.807, 2.05) is 6.92 Å². The van der Waals surface area contributed by atoms with Crippen LogP contribution >= 0.6 is 23.7 Å². The molecule has 3 N–H and O–H groups in total. The van der Waals surface area contributed by atoms with Crippen molar-refractivity contribution in [2.75, 3.05) is 19.6 Å². The van der Waals surface area contributed by atoms with Gasteiger partial charge in [-0.1, -0.05) is 6.92 Å². The third-order valence-electron chi connectivity index (χ3n) is 2.88. The third-order valence-corrected chi connectivity index (χ3v) is 7.76. The van der Waals surface area contributed by atoms with Gasteiger partial charge in [0.05, 0.1) is 0 Å². The Kier molecular flexibility index (Phi) is 6.42. The minimum Gasteiger partial charge on any atom is -0.315 e. The number of hydrogen-bond donors (Lipinski definition) is 2. The Morgan fingerprint density at radius 3 is 2.64 bits per heavy atom. The molecule has 0 saturated heterocycles. The molecule has 2 rings (SSSR count). The topological polar surface area (TPSA) is 110 Å². The van der Waals surface area contributed by atoms with E-state index >= 15 is 0 Å². The van der Waals surface area contributed by atoms with E-state index in [-0.39, 0.29) is 20.8 Å². The van der Waals surface area contributed by atoms with Gasteiger partial charge in [-0.2, -0.15) is 0 Å². The highest BCUT2D eigenvalue weighted by Crippen LogP contribution is 2.35. The molecule has 0 fully saturated rings. The minimum atomic E-state index is -3.90. The van der Waals surface area contributed by atoms with Crippen LogP contribution in [0, 0.1) is 0 Å². The van der Waals surface area contributed by atoms with Gasteiger partial charge in [-0.3, -0.25) is 4.31 Å². The third kappa shape index (κ3) is 4.00. The van der Waals surface area contributed by atoms with Gasteiger partial charge >= 0.3 is 0 Å². The zero-order chi connectivity index (χ0) is 15.7. The van der Waals surface area contributed by atoms with Gasteiger partial charge in [0, 0.05) is 24.9 Å². The van der Waals surface area contributed by atoms with Crippen molar-refractivity contribution >= 4 is 49.9 Å². The van der Waals surface area contributed by atoms with E-state index in [4.69, 9.17) is 5.14 Å². The fourth-order valence-electron chi connectivity index (χ4n) is 1.86. The molecule has 0 bridgehead atoms. The number of nitrogens with one attached hydrogen (secondary N) is 1. The normalized spacial score (nSPS) is 16.2. The molecule has 0 aromatic carbocycles. The summed E-state index contributed by atoms with van der Waals surface area (Å²) < 4.78 is 48.6. The van der Waals surface area contributed by atoms with Gasteiger partial charge in [0.2, 0.25) is 10.0 Å². The summed E-state index contributed by atoms with van der Waals surface area (Å²) in [6, 6.07) is 1.29. The zero-order valence-corrected chi connectivity index (χ0v) is 15.1. The molecule has 0 saturated carbocycles. The highest BCUT2D eigenvalue weighted by Gasteiger charge is 2.31. The standard InChI is InChI=1S/C11H17N3O4S3.ClH/c1-2-4-13-5-7-14-6-3-9-8-10(20(12,15)16)19-11(9)21(14,17)18;/h3,6,8,13H,2,4-5,7H2,1H3,(H2,12,15,16);1H. The molecule has 0 atom stereocenters. The van der Waals surface area contributed by atoms with Gasteiger partial charge in [0.15, 0.2) is 0 Å². The summed E-state index contributed by atoms with van der Waals surface area (Å²) in [6.07, 6.45) is 4.00. The lowest BCUT2D eigenvalue weighted by Crippen LogP contribution is -2.34. The van der Waals surface area contributed by atoms with E-state index in [0.717, 1.165) is 13.0 Å². The summed E-state index contributed by atoms with van der Waals surface area (Å²) in [5.41, 5.74) is 0.363. The van der Waals surface area contributed by atoms with Crippen molar-refractivity contribution in [1.29, 1.82) is 0 Å². The molecule has 2 heterocycles. The van der Waals surface area contributed by atoms with E-state index in [2.05, 4.69) is 5.32 Å². The number of thiophene rings is 1. The molecule has 22 heavy (non-hydrogen) atoms. The predicted octanol–water partition coefficient (Wildman–Crippen LogP) is 0.792. The number of nitrogens with two attached hydrogens (primary N) is 1. The SMILES string of the molecule is CCCNCCN1C=Cc2cc(S(N)(=O)=O)sc2S1(=O)=O.Cl. The Morgan fingerprint density at radius 2 is 2.05 bits per heavy atom. The Balaban J connectivity index is 0.00000242. The van der Waals surface area contributed by atoms with Crippen LogP contribution in [-0.2, 0) is 20.0 Å². The second-order valence-electron chi connectivity index (χ2n) is 4.53. The van der Waals surface area contributed by atoms with Crippen LogP contribution in [0.25, 0.3) is 6.08 Å². The van der Waals surface area contributed by atoms with Crippen LogP contribution in [-0.4, -0.2) is 40.8 Å². The molecule has 0 aliphatic carbocycles. The van der Waals surface area contributed by atoms with Gasteiger partial charge in [-0.05, 0) is 25.1 Å². The quantitative estimate of drug-likeness (QED) is 0.701. The molecule has 126 valence electrons. The lowest BCUT2D eigenvalue weighted by atomic mass is 10.3. The van der Waals surface area contributed by atoms with E-state index in [1.165, 1.54) is 16.6 Å². The van der Waals surface area contributed by atoms with Gasteiger partial charge in [0.1, 0.15) is 8.42 Å². The second-order valence-corrected chi connectivity index (χ2v) is 9.46. The first-order valence-electron chi connectivity index (χ1n) is 6.34. The van der Waals surface area contributed by atoms with Gasteiger partial charge in [0.25, 0.3) is 10.0 Å². The molecular weight excluding hydrogens is 370 g/mol. The van der Waals surface area contributed by atoms with E-state index in [1.54, 1.807) is 6.08 Å². The Hall–Kier alpha value is -0.650. The number of rotatable bonds is 6. The first-order chi connectivity index (χ1) is 9.76. The molecule has 0 amide bonds. The summed E-state index contributed by atoms with van der Waals surface area (Å²) in [6.45, 7) is 3.66. The second kappa shape index (κ2) is 7.28. The van der Waals surface area contributed by atoms with Crippen molar-refractivity contribution in [1.82, 2.24) is 9.62 Å². The number of sulfonamides is 2. The monoisotopic (exact) mass is 387 g/mol. The zero-order valence-electron chi connectivity index (χ0n) is 11.9. The maximum Gasteiger partial charge on any atom is 0.274 e. The summed E-state index contributed by atoms with van der Waals surface area (Å²) in [5, 5.41) is 8.17. The van der Waals surface area contributed by atoms with Crippen LogP contribution in [0.3, 0.4) is 0 Å². The van der Waals surface area contributed by atoms with Crippen LogP contribution in [0.4, 0.5) is 0 Å². The molecule has 0 radical (unpaired) electrons. The predicted molar refractivity (Wildman–Crippen MR) is 89.0 cm³/mol. The Bertz CT molecular complexity index is 756. The summed E-state index contributed by atoms with van der Waals surface area (Å²) >= 11 is 0.682. The van der Waals surface area contributed by atoms with Crippen LogP contribution in [0.15, 0.2) is 20.7 Å². The van der Waals surface area contributed by atoms with Crippen LogP contribution in [0.2, 0.25) is 0 Å². The fourth-order valence-corrected chi connectivity index (χ4v) is 5.81. The van der Waals surface area contributed by atoms with Gasteiger partial charge < -0.3 is 5.32 Å². The number of hydrogen-bond acceptors (Lipinski definition) is 6. The fraction of sp³-hybridized carbons (Fsp3) is 0.455. The van der Waals surface area contributed by atoms with Crippen molar-refractivity contribution in [2.24, 2.45) is 5.14 Å². The highest BCUT2D eigenvalue weighted by molar-refractivity contribution is 7.94. The molecule has 1 aromatic heterocycles. The summed E-state index contributed by atoms with van der Waals surface area (Å²) in [5.74, 6) is 0. The molecule has 0 unspecified atom stereocenters. The van der Waals surface area contributed by atoms with Crippen molar-refractivity contribution in [3.63, 3.8) is 0 Å². The largest absolute Gasteiger partial charge is 0.315 e. The molecule has 7 nitrogen and oxygen atoms in total. The summed E-state index contributed by atoms with van der Waals surface area (Å²) in [7, 11) is -7.60. The Labute approximate surface area is 140 Å². The lowest BCUT2D eigenvalue weighted by Gasteiger charge is -2.23. The number of primary sulfonamides is 1. The average Bonchev–Trinajstić information content (AvgIpc) is 2.82. The van der Waals surface area contributed by atoms with Crippen molar-refractivity contribution < 1.29 is 16.8 Å². The summed E-state index contributed by atoms with van der Waals surface area (Å²) in [4.78, 5) is 0. The van der Waals surface area contributed by atoms with Gasteiger partial charge in [-0.15, -0.1) is 23.7 Å². The number of fused-ring (bicyclic) bond motifs is 1. The van der Waals surface area contributed by atoms with E-state index < -0.39 is 20.0 Å². The molecule has 1 aliphatic rings. The molecule has 11 heteroatoms. The van der Waals surface area contributed by atoms with Crippen molar-refractivity contribution in [3.8, 4) is 0 Å². The molecular formula is C11H18ClN3O4S3. The maximum atomic E-state index is 12.4. The first kappa shape index (κ1) is 19.4. The highest BCUT2D eigenvalue weighted by atomic mass is 35.5.